The van der Waals surface area contributed by atoms with Gasteiger partial charge in [-0.05, 0) is 62.6 Å². The van der Waals surface area contributed by atoms with Crippen LogP contribution in [0.3, 0.4) is 0 Å². The molecule has 0 radical (unpaired) electrons. The molecular weight excluding hydrogens is 513 g/mol. The van der Waals surface area contributed by atoms with Crippen molar-refractivity contribution < 1.29 is 33.2 Å². The first kappa shape index (κ1) is 27.2. The lowest BCUT2D eigenvalue weighted by molar-refractivity contribution is -0.141. The van der Waals surface area contributed by atoms with Gasteiger partial charge in [-0.2, -0.15) is 5.26 Å². The molecule has 3 aromatic carbocycles. The van der Waals surface area contributed by atoms with Crippen molar-refractivity contribution in [3.05, 3.63) is 88.2 Å². The summed E-state index contributed by atoms with van der Waals surface area (Å²) in [6.07, 6.45) is 4.21. The SMILES string of the molecule is COC(=O)C[C@@H]1COc2cc(O[C@@H]3CCc4c(Oc5ccc(C=CC(C)(C)O)cc5C#N)ccc(F)c43)ccc21. The van der Waals surface area contributed by atoms with Crippen molar-refractivity contribution in [2.45, 2.75) is 50.7 Å². The highest BCUT2D eigenvalue weighted by Gasteiger charge is 2.32. The third-order valence-electron chi connectivity index (χ3n) is 7.05. The van der Waals surface area contributed by atoms with Crippen LogP contribution in [0.2, 0.25) is 0 Å². The largest absolute Gasteiger partial charge is 0.492 e. The van der Waals surface area contributed by atoms with Gasteiger partial charge in [-0.15, -0.1) is 0 Å². The number of carbonyl (C=O) groups excluding carboxylic acids is 1. The Labute approximate surface area is 232 Å². The summed E-state index contributed by atoms with van der Waals surface area (Å²) in [5.41, 5.74) is 2.15. The van der Waals surface area contributed by atoms with Crippen LogP contribution in [0, 0.1) is 17.1 Å². The van der Waals surface area contributed by atoms with E-state index in [4.69, 9.17) is 18.9 Å². The lowest BCUT2D eigenvalue weighted by atomic mass is 9.98. The quantitative estimate of drug-likeness (QED) is 0.329. The molecule has 5 rings (SSSR count). The van der Waals surface area contributed by atoms with Gasteiger partial charge in [-0.25, -0.2) is 4.39 Å². The first-order chi connectivity index (χ1) is 19.1. The van der Waals surface area contributed by atoms with Gasteiger partial charge in [-0.1, -0.05) is 24.3 Å². The van der Waals surface area contributed by atoms with Crippen LogP contribution >= 0.6 is 0 Å². The Morgan fingerprint density at radius 2 is 2.00 bits per heavy atom. The van der Waals surface area contributed by atoms with Gasteiger partial charge in [0.05, 0.1) is 31.3 Å². The summed E-state index contributed by atoms with van der Waals surface area (Å²) >= 11 is 0. The standard InChI is InChI=1S/C32H30FNO6/c1-32(2,36)13-12-19-4-9-26(20(14-19)17-34)40-27-11-8-25(33)31-24(27)7-10-28(31)39-22-5-6-23-21(15-30(35)37-3)18-38-29(23)16-22/h4-6,8-9,11-14,16,21,28,36H,7,10,15,18H2,1-3H3/t21-,28-/m1/s1. The van der Waals surface area contributed by atoms with Crippen molar-refractivity contribution in [2.75, 3.05) is 13.7 Å². The van der Waals surface area contributed by atoms with E-state index in [1.165, 1.54) is 13.2 Å². The maximum Gasteiger partial charge on any atom is 0.306 e. The first-order valence-corrected chi connectivity index (χ1v) is 13.1. The molecule has 2 aliphatic rings. The highest BCUT2D eigenvalue weighted by Crippen LogP contribution is 2.44. The second-order valence-electron chi connectivity index (χ2n) is 10.5. The fourth-order valence-electron chi connectivity index (χ4n) is 5.05. The van der Waals surface area contributed by atoms with Gasteiger partial charge in [0.2, 0.25) is 0 Å². The Balaban J connectivity index is 1.35. The number of hydrogen-bond donors (Lipinski definition) is 1. The van der Waals surface area contributed by atoms with E-state index in [2.05, 4.69) is 6.07 Å². The number of carbonyl (C=O) groups is 1. The number of nitrogens with zero attached hydrogens (tertiary/aromatic N) is 1. The Morgan fingerprint density at radius 3 is 2.75 bits per heavy atom. The predicted octanol–water partition coefficient (Wildman–Crippen LogP) is 6.38. The number of nitriles is 1. The lowest BCUT2D eigenvalue weighted by Crippen LogP contribution is -2.13. The molecule has 0 bridgehead atoms. The molecule has 1 heterocycles. The molecule has 0 aromatic heterocycles. The zero-order valence-corrected chi connectivity index (χ0v) is 22.6. The number of methoxy groups -OCH3 is 1. The van der Waals surface area contributed by atoms with E-state index < -0.39 is 11.7 Å². The summed E-state index contributed by atoms with van der Waals surface area (Å²) < 4.78 is 38.0. The number of benzene rings is 3. The van der Waals surface area contributed by atoms with Crippen LogP contribution in [0.1, 0.15) is 66.5 Å². The Kier molecular flexibility index (Phi) is 7.51. The molecule has 2 atom stereocenters. The number of ether oxygens (including phenoxy) is 4. The van der Waals surface area contributed by atoms with E-state index in [0.29, 0.717) is 59.1 Å². The topological polar surface area (TPSA) is 98.0 Å². The van der Waals surface area contributed by atoms with Gasteiger partial charge in [0.15, 0.2) is 0 Å². The van der Waals surface area contributed by atoms with Crippen LogP contribution in [0.15, 0.2) is 54.6 Å². The molecule has 0 saturated heterocycles. The molecule has 1 N–H and O–H groups in total. The summed E-state index contributed by atoms with van der Waals surface area (Å²) in [4.78, 5) is 11.7. The molecule has 0 saturated carbocycles. The number of halogens is 1. The van der Waals surface area contributed by atoms with Crippen molar-refractivity contribution >= 4 is 12.0 Å². The van der Waals surface area contributed by atoms with E-state index in [1.807, 2.05) is 6.07 Å². The van der Waals surface area contributed by atoms with Crippen LogP contribution in [-0.4, -0.2) is 30.4 Å². The highest BCUT2D eigenvalue weighted by molar-refractivity contribution is 5.71. The van der Waals surface area contributed by atoms with E-state index in [1.54, 1.807) is 62.4 Å². The second kappa shape index (κ2) is 11.0. The molecule has 0 spiro atoms. The van der Waals surface area contributed by atoms with Crippen LogP contribution in [0.5, 0.6) is 23.0 Å². The minimum Gasteiger partial charge on any atom is -0.492 e. The number of hydrogen-bond acceptors (Lipinski definition) is 7. The average Bonchev–Trinajstić information content (AvgIpc) is 3.53. The summed E-state index contributed by atoms with van der Waals surface area (Å²) in [5.74, 6) is 1.27. The van der Waals surface area contributed by atoms with Gasteiger partial charge in [0.25, 0.3) is 0 Å². The molecule has 3 aromatic rings. The third kappa shape index (κ3) is 5.80. The Hall–Kier alpha value is -4.35. The highest BCUT2D eigenvalue weighted by atomic mass is 19.1. The molecule has 1 aliphatic heterocycles. The van der Waals surface area contributed by atoms with Crippen LogP contribution in [0.4, 0.5) is 4.39 Å². The predicted molar refractivity (Wildman–Crippen MR) is 146 cm³/mol. The fraction of sp³-hybridized carbons (Fsp3) is 0.312. The van der Waals surface area contributed by atoms with Crippen molar-refractivity contribution in [1.82, 2.24) is 0 Å². The van der Waals surface area contributed by atoms with E-state index >= 15 is 4.39 Å². The maximum absolute atomic E-state index is 15.1. The number of aliphatic hydroxyl groups is 1. The fourth-order valence-corrected chi connectivity index (χ4v) is 5.05. The van der Waals surface area contributed by atoms with Crippen molar-refractivity contribution in [3.8, 4) is 29.1 Å². The Bertz CT molecular complexity index is 1520. The normalized spacial score (nSPS) is 17.6. The zero-order chi connectivity index (χ0) is 28.4. The average molecular weight is 544 g/mol. The molecule has 0 unspecified atom stereocenters. The Morgan fingerprint density at radius 1 is 1.20 bits per heavy atom. The molecular formula is C32H30FNO6. The first-order valence-electron chi connectivity index (χ1n) is 13.1. The summed E-state index contributed by atoms with van der Waals surface area (Å²) in [5, 5.41) is 19.6. The number of esters is 1. The molecule has 0 amide bonds. The summed E-state index contributed by atoms with van der Waals surface area (Å²) in [6, 6.07) is 15.7. The van der Waals surface area contributed by atoms with Gasteiger partial charge < -0.3 is 24.1 Å². The van der Waals surface area contributed by atoms with E-state index in [0.717, 1.165) is 11.1 Å². The summed E-state index contributed by atoms with van der Waals surface area (Å²) in [7, 11) is 1.36. The minimum absolute atomic E-state index is 0.0780. The molecule has 206 valence electrons. The van der Waals surface area contributed by atoms with E-state index in [9.17, 15) is 15.2 Å². The lowest BCUT2D eigenvalue weighted by Gasteiger charge is -2.17. The number of fused-ring (bicyclic) bond motifs is 2. The molecule has 0 fully saturated rings. The van der Waals surface area contributed by atoms with Crippen molar-refractivity contribution in [1.29, 1.82) is 5.26 Å². The van der Waals surface area contributed by atoms with Crippen molar-refractivity contribution in [3.63, 3.8) is 0 Å². The summed E-state index contributed by atoms with van der Waals surface area (Å²) in [6.45, 7) is 3.72. The molecule has 1 aliphatic carbocycles. The molecule has 40 heavy (non-hydrogen) atoms. The second-order valence-corrected chi connectivity index (χ2v) is 10.5. The monoisotopic (exact) mass is 543 g/mol. The van der Waals surface area contributed by atoms with Crippen LogP contribution < -0.4 is 14.2 Å². The van der Waals surface area contributed by atoms with Crippen molar-refractivity contribution in [2.24, 2.45) is 0 Å². The van der Waals surface area contributed by atoms with Gasteiger partial charge >= 0.3 is 5.97 Å². The number of rotatable bonds is 8. The molecule has 7 nitrogen and oxygen atoms in total. The van der Waals surface area contributed by atoms with Crippen LogP contribution in [-0.2, 0) is 16.0 Å². The third-order valence-corrected chi connectivity index (χ3v) is 7.05. The van der Waals surface area contributed by atoms with Gasteiger partial charge in [0, 0.05) is 28.7 Å². The van der Waals surface area contributed by atoms with Gasteiger partial charge in [-0.3, -0.25) is 4.79 Å². The minimum atomic E-state index is -0.977. The zero-order valence-electron chi connectivity index (χ0n) is 22.6. The smallest absolute Gasteiger partial charge is 0.306 e. The van der Waals surface area contributed by atoms with Crippen LogP contribution in [0.25, 0.3) is 6.08 Å². The molecule has 8 heteroatoms. The van der Waals surface area contributed by atoms with Gasteiger partial charge in [0.1, 0.15) is 41.0 Å². The van der Waals surface area contributed by atoms with E-state index in [-0.39, 0.29) is 24.1 Å². The maximum atomic E-state index is 15.1.